The van der Waals surface area contributed by atoms with Crippen LogP contribution in [-0.4, -0.2) is 50.0 Å². The average molecular weight is 368 g/mol. The minimum atomic E-state index is -3.51. The van der Waals surface area contributed by atoms with E-state index in [2.05, 4.69) is 19.2 Å². The molecule has 6 nitrogen and oxygen atoms in total. The Morgan fingerprint density at radius 1 is 1.24 bits per heavy atom. The molecule has 2 N–H and O–H groups in total. The second-order valence-electron chi connectivity index (χ2n) is 6.77. The van der Waals surface area contributed by atoms with Gasteiger partial charge in [-0.3, -0.25) is 4.79 Å². The van der Waals surface area contributed by atoms with Crippen LogP contribution < -0.4 is 5.32 Å². The van der Waals surface area contributed by atoms with Crippen LogP contribution in [0.25, 0.3) is 0 Å². The molecule has 25 heavy (non-hydrogen) atoms. The van der Waals surface area contributed by atoms with Crippen molar-refractivity contribution in [2.75, 3.05) is 26.2 Å². The fraction of sp³-hybridized carbons (Fsp3) is 0.611. The molecule has 1 amide bonds. The van der Waals surface area contributed by atoms with Gasteiger partial charge in [0.05, 0.1) is 4.90 Å². The molecule has 1 aromatic carbocycles. The molecule has 0 aliphatic carbocycles. The molecular formula is C18H28N2O4S. The Labute approximate surface area is 150 Å². The monoisotopic (exact) mass is 368 g/mol. The van der Waals surface area contributed by atoms with Gasteiger partial charge >= 0.3 is 0 Å². The second kappa shape index (κ2) is 8.78. The summed E-state index contributed by atoms with van der Waals surface area (Å²) in [6.45, 7) is 5.35. The topological polar surface area (TPSA) is 86.7 Å². The van der Waals surface area contributed by atoms with Crippen LogP contribution in [0.2, 0.25) is 0 Å². The van der Waals surface area contributed by atoms with Crippen LogP contribution in [0.1, 0.15) is 44.6 Å². The van der Waals surface area contributed by atoms with Crippen molar-refractivity contribution in [2.45, 2.75) is 43.9 Å². The van der Waals surface area contributed by atoms with E-state index in [0.717, 1.165) is 5.56 Å². The number of aliphatic hydroxyl groups excluding tert-OH is 1. The summed E-state index contributed by atoms with van der Waals surface area (Å²) < 4.78 is 27.0. The van der Waals surface area contributed by atoms with Crippen molar-refractivity contribution in [3.8, 4) is 0 Å². The third-order valence-electron chi connectivity index (χ3n) is 4.64. The minimum Gasteiger partial charge on any atom is -0.396 e. The molecule has 1 aliphatic rings. The van der Waals surface area contributed by atoms with Crippen molar-refractivity contribution >= 4 is 15.9 Å². The zero-order valence-corrected chi connectivity index (χ0v) is 15.8. The molecule has 0 spiro atoms. The molecule has 140 valence electrons. The number of aliphatic hydroxyl groups is 1. The molecule has 0 atom stereocenters. The Kier molecular flexibility index (Phi) is 6.98. The first kappa shape index (κ1) is 19.9. The van der Waals surface area contributed by atoms with E-state index < -0.39 is 10.0 Å². The Hall–Kier alpha value is -1.44. The van der Waals surface area contributed by atoms with E-state index in [1.54, 1.807) is 12.1 Å². The van der Waals surface area contributed by atoms with Gasteiger partial charge in [-0.15, -0.1) is 0 Å². The predicted octanol–water partition coefficient (Wildman–Crippen LogP) is 1.71. The van der Waals surface area contributed by atoms with Crippen LogP contribution in [0.15, 0.2) is 29.2 Å². The van der Waals surface area contributed by atoms with Crippen molar-refractivity contribution in [3.05, 3.63) is 29.8 Å². The van der Waals surface area contributed by atoms with Crippen LogP contribution in [0, 0.1) is 5.92 Å². The van der Waals surface area contributed by atoms with Gasteiger partial charge in [0, 0.05) is 32.2 Å². The zero-order chi connectivity index (χ0) is 18.4. The van der Waals surface area contributed by atoms with Crippen LogP contribution in [0.5, 0.6) is 0 Å². The highest BCUT2D eigenvalue weighted by Crippen LogP contribution is 2.25. The molecule has 1 saturated heterocycles. The number of rotatable bonds is 7. The lowest BCUT2D eigenvalue weighted by atomic mass is 9.97. The van der Waals surface area contributed by atoms with Gasteiger partial charge in [-0.1, -0.05) is 26.0 Å². The summed E-state index contributed by atoms with van der Waals surface area (Å²) in [5.74, 6) is 0.150. The maximum Gasteiger partial charge on any atom is 0.243 e. The van der Waals surface area contributed by atoms with Gasteiger partial charge in [0.15, 0.2) is 0 Å². The number of hydrogen-bond donors (Lipinski definition) is 2. The number of amides is 1. The molecule has 1 aliphatic heterocycles. The number of carbonyl (C=O) groups is 1. The maximum atomic E-state index is 12.8. The predicted molar refractivity (Wildman–Crippen MR) is 96.7 cm³/mol. The molecule has 7 heteroatoms. The maximum absolute atomic E-state index is 12.8. The largest absolute Gasteiger partial charge is 0.396 e. The Morgan fingerprint density at radius 3 is 2.36 bits per heavy atom. The van der Waals surface area contributed by atoms with Crippen LogP contribution >= 0.6 is 0 Å². The molecule has 1 fully saturated rings. The van der Waals surface area contributed by atoms with Crippen LogP contribution in [0.3, 0.4) is 0 Å². The van der Waals surface area contributed by atoms with E-state index >= 15 is 0 Å². The lowest BCUT2D eigenvalue weighted by Crippen LogP contribution is -2.43. The fourth-order valence-electron chi connectivity index (χ4n) is 2.97. The standard InChI is InChI=1S/C18H28N2O4S/c1-14(2)15-4-6-17(7-5-15)25(23,24)20-11-8-16(9-12-20)18(22)19-10-3-13-21/h4-7,14,16,21H,3,8-13H2,1-2H3,(H,19,22). The van der Waals surface area contributed by atoms with Gasteiger partial charge in [-0.25, -0.2) is 8.42 Å². The molecule has 0 saturated carbocycles. The quantitative estimate of drug-likeness (QED) is 0.718. The molecule has 0 radical (unpaired) electrons. The molecule has 1 aromatic rings. The van der Waals surface area contributed by atoms with Crippen molar-refractivity contribution in [3.63, 3.8) is 0 Å². The Balaban J connectivity index is 1.95. The van der Waals surface area contributed by atoms with Crippen LogP contribution in [-0.2, 0) is 14.8 Å². The number of carbonyl (C=O) groups excluding carboxylic acids is 1. The number of benzene rings is 1. The molecule has 0 bridgehead atoms. The summed E-state index contributed by atoms with van der Waals surface area (Å²) in [6, 6.07) is 7.05. The summed E-state index contributed by atoms with van der Waals surface area (Å²) in [5.41, 5.74) is 1.11. The van der Waals surface area contributed by atoms with E-state index in [1.807, 2.05) is 12.1 Å². The Morgan fingerprint density at radius 2 is 1.84 bits per heavy atom. The third-order valence-corrected chi connectivity index (χ3v) is 6.56. The second-order valence-corrected chi connectivity index (χ2v) is 8.71. The zero-order valence-electron chi connectivity index (χ0n) is 14.9. The van der Waals surface area contributed by atoms with Gasteiger partial charge in [0.25, 0.3) is 0 Å². The van der Waals surface area contributed by atoms with Crippen molar-refractivity contribution in [1.82, 2.24) is 9.62 Å². The highest BCUT2D eigenvalue weighted by atomic mass is 32.2. The summed E-state index contributed by atoms with van der Waals surface area (Å²) in [5, 5.41) is 11.5. The van der Waals surface area contributed by atoms with E-state index in [4.69, 9.17) is 5.11 Å². The van der Waals surface area contributed by atoms with Gasteiger partial charge in [-0.05, 0) is 42.9 Å². The minimum absolute atomic E-state index is 0.0482. The van der Waals surface area contributed by atoms with E-state index in [-0.39, 0.29) is 18.4 Å². The van der Waals surface area contributed by atoms with Gasteiger partial charge in [0.2, 0.25) is 15.9 Å². The molecule has 0 unspecified atom stereocenters. The van der Waals surface area contributed by atoms with Crippen molar-refractivity contribution in [1.29, 1.82) is 0 Å². The number of sulfonamides is 1. The van der Waals surface area contributed by atoms with Gasteiger partial charge < -0.3 is 10.4 Å². The van der Waals surface area contributed by atoms with Crippen molar-refractivity contribution < 1.29 is 18.3 Å². The summed E-state index contributed by atoms with van der Waals surface area (Å²) in [4.78, 5) is 12.3. The first-order valence-corrected chi connectivity index (χ1v) is 10.3. The number of hydrogen-bond acceptors (Lipinski definition) is 4. The fourth-order valence-corrected chi connectivity index (χ4v) is 4.44. The molecule has 0 aromatic heterocycles. The van der Waals surface area contributed by atoms with E-state index in [1.165, 1.54) is 4.31 Å². The molecule has 2 rings (SSSR count). The summed E-state index contributed by atoms with van der Waals surface area (Å²) in [6.07, 6.45) is 1.58. The lowest BCUT2D eigenvalue weighted by Gasteiger charge is -2.30. The Bertz CT molecular complexity index is 663. The first-order chi connectivity index (χ1) is 11.9. The number of nitrogens with zero attached hydrogens (tertiary/aromatic N) is 1. The highest BCUT2D eigenvalue weighted by Gasteiger charge is 2.31. The normalized spacial score (nSPS) is 17.0. The number of piperidine rings is 1. The first-order valence-electron chi connectivity index (χ1n) is 8.85. The number of nitrogens with one attached hydrogen (secondary N) is 1. The highest BCUT2D eigenvalue weighted by molar-refractivity contribution is 7.89. The van der Waals surface area contributed by atoms with Crippen LogP contribution in [0.4, 0.5) is 0 Å². The molecule has 1 heterocycles. The van der Waals surface area contributed by atoms with Gasteiger partial charge in [-0.2, -0.15) is 4.31 Å². The third kappa shape index (κ3) is 5.03. The lowest BCUT2D eigenvalue weighted by molar-refractivity contribution is -0.126. The van der Waals surface area contributed by atoms with Crippen molar-refractivity contribution in [2.24, 2.45) is 5.92 Å². The summed E-state index contributed by atoms with van der Waals surface area (Å²) in [7, 11) is -3.51. The average Bonchev–Trinajstić information content (AvgIpc) is 2.62. The summed E-state index contributed by atoms with van der Waals surface area (Å²) >= 11 is 0. The molecular weight excluding hydrogens is 340 g/mol. The van der Waals surface area contributed by atoms with E-state index in [9.17, 15) is 13.2 Å². The van der Waals surface area contributed by atoms with E-state index in [0.29, 0.717) is 49.7 Å². The smallest absolute Gasteiger partial charge is 0.243 e. The van der Waals surface area contributed by atoms with Gasteiger partial charge in [0.1, 0.15) is 0 Å². The SMILES string of the molecule is CC(C)c1ccc(S(=O)(=O)N2CCC(C(=O)NCCCO)CC2)cc1.